The quantitative estimate of drug-likeness (QED) is 0.576. The van der Waals surface area contributed by atoms with Crippen LogP contribution < -0.4 is 5.73 Å². The van der Waals surface area contributed by atoms with E-state index in [1.54, 1.807) is 11.3 Å². The molecular formula is C4H5NSZn. The molecule has 0 aromatic carbocycles. The summed E-state index contributed by atoms with van der Waals surface area (Å²) in [6.45, 7) is 0. The van der Waals surface area contributed by atoms with Gasteiger partial charge in [0, 0.05) is 30.5 Å². The predicted molar refractivity (Wildman–Crippen MR) is 28.7 cm³/mol. The Hall–Kier alpha value is 0.123. The van der Waals surface area contributed by atoms with Crippen molar-refractivity contribution in [2.45, 2.75) is 0 Å². The van der Waals surface area contributed by atoms with Crippen molar-refractivity contribution in [2.75, 3.05) is 5.73 Å². The van der Waals surface area contributed by atoms with Crippen LogP contribution in [0.4, 0.5) is 5.69 Å². The van der Waals surface area contributed by atoms with Gasteiger partial charge in [0.1, 0.15) is 0 Å². The van der Waals surface area contributed by atoms with E-state index in [1.165, 1.54) is 0 Å². The zero-order chi connectivity index (χ0) is 4.41. The second-order valence-corrected chi connectivity index (χ2v) is 1.84. The summed E-state index contributed by atoms with van der Waals surface area (Å²) in [5, 5.41) is 3.86. The van der Waals surface area contributed by atoms with Crippen LogP contribution in [0, 0.1) is 0 Å². The number of nitrogen functional groups attached to an aromatic ring is 1. The number of thiophene rings is 1. The first-order chi connectivity index (χ1) is 2.89. The van der Waals surface area contributed by atoms with Crippen LogP contribution in [0.15, 0.2) is 16.8 Å². The molecule has 0 aliphatic rings. The maximum atomic E-state index is 5.29. The zero-order valence-corrected chi connectivity index (χ0v) is 7.71. The van der Waals surface area contributed by atoms with E-state index in [4.69, 9.17) is 5.73 Å². The molecule has 0 saturated heterocycles. The Kier molecular flexibility index (Phi) is 3.22. The fraction of sp³-hybridized carbons (Fsp3) is 0. The molecule has 3 heteroatoms. The summed E-state index contributed by atoms with van der Waals surface area (Å²) in [7, 11) is 0. The monoisotopic (exact) mass is 163 g/mol. The number of hydrogen-bond acceptors (Lipinski definition) is 2. The SMILES string of the molecule is Nc1ccsc1.[Zn]. The molecule has 1 aromatic rings. The van der Waals surface area contributed by atoms with Crippen molar-refractivity contribution in [1.82, 2.24) is 0 Å². The molecule has 2 N–H and O–H groups in total. The standard InChI is InChI=1S/C4H5NS.Zn/c5-4-1-2-6-3-4;/h1-3H,5H2;. The van der Waals surface area contributed by atoms with Crippen LogP contribution >= 0.6 is 11.3 Å². The van der Waals surface area contributed by atoms with E-state index in [0.717, 1.165) is 5.69 Å². The van der Waals surface area contributed by atoms with Crippen LogP contribution in [0.5, 0.6) is 0 Å². The van der Waals surface area contributed by atoms with Gasteiger partial charge in [-0.05, 0) is 11.4 Å². The van der Waals surface area contributed by atoms with Crippen LogP contribution in [0.25, 0.3) is 0 Å². The van der Waals surface area contributed by atoms with E-state index in [9.17, 15) is 0 Å². The molecule has 1 aromatic heterocycles. The van der Waals surface area contributed by atoms with Crippen LogP contribution in [0.1, 0.15) is 0 Å². The Labute approximate surface area is 59.3 Å². The first-order valence-electron chi connectivity index (χ1n) is 1.67. The van der Waals surface area contributed by atoms with Gasteiger partial charge in [-0.3, -0.25) is 0 Å². The Bertz CT molecular complexity index is 115. The average molecular weight is 165 g/mol. The Balaban J connectivity index is 0.000000360. The Morgan fingerprint density at radius 1 is 1.57 bits per heavy atom. The minimum atomic E-state index is 0. The molecule has 0 atom stereocenters. The average Bonchev–Trinajstić information content (AvgIpc) is 1.86. The largest absolute Gasteiger partial charge is 0.398 e. The third-order valence-electron chi connectivity index (χ3n) is 0.543. The van der Waals surface area contributed by atoms with E-state index in [-0.39, 0.29) is 19.5 Å². The Morgan fingerprint density at radius 2 is 2.29 bits per heavy atom. The minimum absolute atomic E-state index is 0. The van der Waals surface area contributed by atoms with E-state index in [2.05, 4.69) is 0 Å². The molecule has 0 aliphatic carbocycles. The van der Waals surface area contributed by atoms with Crippen LogP contribution in [0.3, 0.4) is 0 Å². The van der Waals surface area contributed by atoms with Gasteiger partial charge in [0.15, 0.2) is 0 Å². The van der Waals surface area contributed by atoms with Gasteiger partial charge in [-0.1, -0.05) is 0 Å². The third kappa shape index (κ3) is 2.05. The van der Waals surface area contributed by atoms with Gasteiger partial charge >= 0.3 is 0 Å². The smallest absolute Gasteiger partial charge is 0.0422 e. The van der Waals surface area contributed by atoms with Crippen molar-refractivity contribution in [3.63, 3.8) is 0 Å². The third-order valence-corrected chi connectivity index (χ3v) is 1.24. The fourth-order valence-corrected chi connectivity index (χ4v) is 0.825. The summed E-state index contributed by atoms with van der Waals surface area (Å²) in [6.07, 6.45) is 0. The summed E-state index contributed by atoms with van der Waals surface area (Å²) < 4.78 is 0. The first-order valence-corrected chi connectivity index (χ1v) is 2.61. The molecule has 0 saturated carbocycles. The topological polar surface area (TPSA) is 26.0 Å². The first kappa shape index (κ1) is 7.12. The number of hydrogen-bond donors (Lipinski definition) is 1. The summed E-state index contributed by atoms with van der Waals surface area (Å²) >= 11 is 1.61. The van der Waals surface area contributed by atoms with E-state index in [1.807, 2.05) is 16.8 Å². The molecule has 0 amide bonds. The summed E-state index contributed by atoms with van der Waals surface area (Å²) in [4.78, 5) is 0. The molecule has 0 radical (unpaired) electrons. The van der Waals surface area contributed by atoms with Gasteiger partial charge < -0.3 is 5.73 Å². The van der Waals surface area contributed by atoms with E-state index >= 15 is 0 Å². The summed E-state index contributed by atoms with van der Waals surface area (Å²) in [5.41, 5.74) is 6.15. The molecule has 1 heterocycles. The van der Waals surface area contributed by atoms with Gasteiger partial charge in [0.25, 0.3) is 0 Å². The predicted octanol–water partition coefficient (Wildman–Crippen LogP) is 1.33. The molecule has 0 spiro atoms. The Morgan fingerprint density at radius 3 is 2.43 bits per heavy atom. The van der Waals surface area contributed by atoms with Crippen molar-refractivity contribution in [2.24, 2.45) is 0 Å². The molecule has 1 nitrogen and oxygen atoms in total. The minimum Gasteiger partial charge on any atom is -0.398 e. The fourth-order valence-electron chi connectivity index (χ4n) is 0.275. The molecule has 0 unspecified atom stereocenters. The van der Waals surface area contributed by atoms with Gasteiger partial charge in [-0.2, -0.15) is 11.3 Å². The maximum absolute atomic E-state index is 5.29. The second kappa shape index (κ2) is 3.17. The van der Waals surface area contributed by atoms with Crippen molar-refractivity contribution < 1.29 is 19.5 Å². The van der Waals surface area contributed by atoms with Crippen molar-refractivity contribution in [3.05, 3.63) is 16.8 Å². The molecule has 1 rings (SSSR count). The molecule has 34 valence electrons. The van der Waals surface area contributed by atoms with Gasteiger partial charge in [0.05, 0.1) is 0 Å². The normalized spacial score (nSPS) is 7.43. The summed E-state index contributed by atoms with van der Waals surface area (Å²) in [6, 6.07) is 1.88. The van der Waals surface area contributed by atoms with Crippen molar-refractivity contribution >= 4 is 17.0 Å². The molecular weight excluding hydrogens is 160 g/mol. The van der Waals surface area contributed by atoms with Gasteiger partial charge in [0.2, 0.25) is 0 Å². The van der Waals surface area contributed by atoms with Crippen molar-refractivity contribution in [3.8, 4) is 0 Å². The van der Waals surface area contributed by atoms with Crippen LogP contribution in [-0.4, -0.2) is 0 Å². The zero-order valence-electron chi connectivity index (χ0n) is 3.92. The van der Waals surface area contributed by atoms with Crippen LogP contribution in [-0.2, 0) is 19.5 Å². The van der Waals surface area contributed by atoms with Gasteiger partial charge in [-0.25, -0.2) is 0 Å². The molecule has 0 aliphatic heterocycles. The summed E-state index contributed by atoms with van der Waals surface area (Å²) in [5.74, 6) is 0. The van der Waals surface area contributed by atoms with Crippen molar-refractivity contribution in [1.29, 1.82) is 0 Å². The maximum Gasteiger partial charge on any atom is 0.0422 e. The number of nitrogens with two attached hydrogens (primary N) is 1. The van der Waals surface area contributed by atoms with E-state index < -0.39 is 0 Å². The second-order valence-electron chi connectivity index (χ2n) is 1.06. The number of anilines is 1. The van der Waals surface area contributed by atoms with Gasteiger partial charge in [-0.15, -0.1) is 0 Å². The molecule has 7 heavy (non-hydrogen) atoms. The van der Waals surface area contributed by atoms with Crippen LogP contribution in [0.2, 0.25) is 0 Å². The molecule has 0 fully saturated rings. The van der Waals surface area contributed by atoms with E-state index in [0.29, 0.717) is 0 Å². The number of rotatable bonds is 0. The molecule has 0 bridgehead atoms.